The summed E-state index contributed by atoms with van der Waals surface area (Å²) in [4.78, 5) is 15.8. The molecular formula is C7H15N5O2. The van der Waals surface area contributed by atoms with Crippen molar-refractivity contribution in [2.75, 3.05) is 20.6 Å². The van der Waals surface area contributed by atoms with E-state index >= 15 is 0 Å². The van der Waals surface area contributed by atoms with E-state index < -0.39 is 5.03 Å². The van der Waals surface area contributed by atoms with Crippen molar-refractivity contribution in [3.63, 3.8) is 0 Å². The second-order valence-corrected chi connectivity index (χ2v) is 2.75. The van der Waals surface area contributed by atoms with Crippen LogP contribution in [0.4, 0.5) is 0 Å². The van der Waals surface area contributed by atoms with Gasteiger partial charge in [-0.3, -0.25) is 0 Å². The van der Waals surface area contributed by atoms with Gasteiger partial charge in [0.15, 0.2) is 5.03 Å². The summed E-state index contributed by atoms with van der Waals surface area (Å²) in [7, 11) is 3.60. The van der Waals surface area contributed by atoms with Crippen LogP contribution in [0.25, 0.3) is 0 Å². The number of rotatable bonds is 2. The molecule has 14 heavy (non-hydrogen) atoms. The largest absolute Gasteiger partial charge is 0.366 e. The molecular weight excluding hydrogens is 186 g/mol. The highest BCUT2D eigenvalue weighted by molar-refractivity contribution is 5.94. The van der Waals surface area contributed by atoms with Crippen molar-refractivity contribution < 1.29 is 5.03 Å². The standard InChI is InChI=1S/C7H15N5O2/c1-5-8-7(10-12(13)14)9-6(2)11(3)4/h5H2,1-4H3,(H,8,10). The zero-order valence-corrected chi connectivity index (χ0v) is 8.81. The fraction of sp³-hybridized carbons (Fsp3) is 0.714. The molecule has 1 N–H and O–H groups in total. The first-order chi connectivity index (χ1) is 6.47. The summed E-state index contributed by atoms with van der Waals surface area (Å²) in [6, 6.07) is 0. The van der Waals surface area contributed by atoms with E-state index in [2.05, 4.69) is 15.4 Å². The summed E-state index contributed by atoms with van der Waals surface area (Å²) in [6.45, 7) is 4.10. The molecule has 0 rings (SSSR count). The quantitative estimate of drug-likeness (QED) is 0.298. The molecule has 0 spiro atoms. The molecule has 0 aromatic rings. The van der Waals surface area contributed by atoms with Crippen molar-refractivity contribution in [1.82, 2.24) is 10.2 Å². The van der Waals surface area contributed by atoms with Crippen LogP contribution in [0, 0.1) is 10.1 Å². The molecule has 0 saturated heterocycles. The third-order valence-electron chi connectivity index (χ3n) is 1.43. The molecule has 0 fully saturated rings. The van der Waals surface area contributed by atoms with Crippen molar-refractivity contribution in [2.24, 2.45) is 10.1 Å². The SMILES string of the molecule is CCN/C(N=C(C)N(C)C)=N\[N+](=O)[O-]. The Hall–Kier alpha value is -1.66. The van der Waals surface area contributed by atoms with Crippen LogP contribution in [0.5, 0.6) is 0 Å². The van der Waals surface area contributed by atoms with Gasteiger partial charge in [0, 0.05) is 20.6 Å². The molecule has 0 heterocycles. The predicted molar refractivity (Wildman–Crippen MR) is 54.9 cm³/mol. The molecule has 0 radical (unpaired) electrons. The number of amidine groups is 1. The molecule has 0 aromatic carbocycles. The van der Waals surface area contributed by atoms with Crippen LogP contribution in [0.2, 0.25) is 0 Å². The van der Waals surface area contributed by atoms with E-state index in [4.69, 9.17) is 0 Å². The van der Waals surface area contributed by atoms with Crippen molar-refractivity contribution in [2.45, 2.75) is 13.8 Å². The molecule has 0 bridgehead atoms. The first kappa shape index (κ1) is 12.3. The molecule has 0 unspecified atom stereocenters. The smallest absolute Gasteiger partial charge is 0.296 e. The van der Waals surface area contributed by atoms with Gasteiger partial charge in [0.2, 0.25) is 0 Å². The van der Waals surface area contributed by atoms with E-state index in [1.807, 2.05) is 6.92 Å². The van der Waals surface area contributed by atoms with Crippen molar-refractivity contribution in [3.8, 4) is 0 Å². The lowest BCUT2D eigenvalue weighted by atomic mass is 10.6. The number of nitro groups is 1. The van der Waals surface area contributed by atoms with Gasteiger partial charge in [-0.2, -0.15) is 4.99 Å². The Morgan fingerprint density at radius 2 is 2.14 bits per heavy atom. The molecule has 0 aromatic heterocycles. The summed E-state index contributed by atoms with van der Waals surface area (Å²) >= 11 is 0. The number of hydrogen-bond acceptors (Lipinski definition) is 2. The fourth-order valence-electron chi connectivity index (χ4n) is 0.586. The number of guanidine groups is 1. The molecule has 0 saturated carbocycles. The summed E-state index contributed by atoms with van der Waals surface area (Å²) in [6.07, 6.45) is 0. The lowest BCUT2D eigenvalue weighted by Gasteiger charge is -2.10. The summed E-state index contributed by atoms with van der Waals surface area (Å²) in [5.41, 5.74) is 0. The van der Waals surface area contributed by atoms with Gasteiger partial charge in [-0.15, -0.1) is 0 Å². The molecule has 0 aliphatic rings. The Bertz CT molecular complexity index is 259. The van der Waals surface area contributed by atoms with Crippen molar-refractivity contribution in [1.29, 1.82) is 0 Å². The highest BCUT2D eigenvalue weighted by Crippen LogP contribution is 1.86. The minimum absolute atomic E-state index is 0.0173. The van der Waals surface area contributed by atoms with E-state index in [9.17, 15) is 10.1 Å². The maximum Gasteiger partial charge on any atom is 0.296 e. The van der Waals surface area contributed by atoms with Gasteiger partial charge < -0.3 is 10.2 Å². The number of hydrazone groups is 1. The van der Waals surface area contributed by atoms with Crippen LogP contribution in [-0.2, 0) is 0 Å². The molecule has 0 amide bonds. The first-order valence-electron chi connectivity index (χ1n) is 4.16. The number of nitrogens with one attached hydrogen (secondary N) is 1. The van der Waals surface area contributed by atoms with Crippen molar-refractivity contribution in [3.05, 3.63) is 10.1 Å². The monoisotopic (exact) mass is 201 g/mol. The van der Waals surface area contributed by atoms with Crippen molar-refractivity contribution >= 4 is 11.8 Å². The van der Waals surface area contributed by atoms with Crippen LogP contribution < -0.4 is 5.32 Å². The highest BCUT2D eigenvalue weighted by Gasteiger charge is 2.03. The number of hydrogen-bond donors (Lipinski definition) is 1. The Labute approximate surface area is 82.7 Å². The van der Waals surface area contributed by atoms with Crippen LogP contribution in [0.1, 0.15) is 13.8 Å². The maximum absolute atomic E-state index is 10.1. The van der Waals surface area contributed by atoms with Crippen LogP contribution >= 0.6 is 0 Å². The topological polar surface area (TPSA) is 83.1 Å². The molecule has 7 heteroatoms. The van der Waals surface area contributed by atoms with Gasteiger partial charge in [-0.1, -0.05) is 0 Å². The molecule has 0 aliphatic heterocycles. The lowest BCUT2D eigenvalue weighted by Crippen LogP contribution is -2.27. The first-order valence-corrected chi connectivity index (χ1v) is 4.16. The molecule has 7 nitrogen and oxygen atoms in total. The molecule has 0 aliphatic carbocycles. The van der Waals surface area contributed by atoms with Crippen LogP contribution in [-0.4, -0.2) is 42.4 Å². The van der Waals surface area contributed by atoms with E-state index in [1.165, 1.54) is 0 Å². The van der Waals surface area contributed by atoms with E-state index in [0.717, 1.165) is 0 Å². The Morgan fingerprint density at radius 1 is 1.57 bits per heavy atom. The third kappa shape index (κ3) is 5.07. The lowest BCUT2D eigenvalue weighted by molar-refractivity contribution is -0.485. The Balaban J connectivity index is 4.68. The van der Waals surface area contributed by atoms with E-state index in [1.54, 1.807) is 25.9 Å². The maximum atomic E-state index is 10.1. The second kappa shape index (κ2) is 5.90. The molecule has 0 atom stereocenters. The average Bonchev–Trinajstić information content (AvgIpc) is 2.02. The zero-order chi connectivity index (χ0) is 11.1. The normalized spacial score (nSPS) is 12.6. The summed E-state index contributed by atoms with van der Waals surface area (Å²) in [5, 5.41) is 15.2. The van der Waals surface area contributed by atoms with E-state index in [-0.39, 0.29) is 5.96 Å². The second-order valence-electron chi connectivity index (χ2n) is 2.75. The Morgan fingerprint density at radius 3 is 2.50 bits per heavy atom. The van der Waals surface area contributed by atoms with Gasteiger partial charge in [-0.25, -0.2) is 10.1 Å². The predicted octanol–water partition coefficient (Wildman–Crippen LogP) is 0.124. The van der Waals surface area contributed by atoms with Gasteiger partial charge >= 0.3 is 0 Å². The number of aliphatic imine (C=N–C) groups is 1. The average molecular weight is 201 g/mol. The summed E-state index contributed by atoms with van der Waals surface area (Å²) in [5.74, 6) is 0.662. The van der Waals surface area contributed by atoms with Gasteiger partial charge in [0.05, 0.1) is 0 Å². The van der Waals surface area contributed by atoms with E-state index in [0.29, 0.717) is 12.4 Å². The summed E-state index contributed by atoms with van der Waals surface area (Å²) < 4.78 is 0. The third-order valence-corrected chi connectivity index (χ3v) is 1.43. The Kier molecular flexibility index (Phi) is 5.20. The highest BCUT2D eigenvalue weighted by atomic mass is 16.7. The minimum atomic E-state index is -0.773. The van der Waals surface area contributed by atoms with Crippen LogP contribution in [0.15, 0.2) is 10.1 Å². The molecule has 80 valence electrons. The van der Waals surface area contributed by atoms with Crippen LogP contribution in [0.3, 0.4) is 0 Å². The fourth-order valence-corrected chi connectivity index (χ4v) is 0.586. The minimum Gasteiger partial charge on any atom is -0.366 e. The zero-order valence-electron chi connectivity index (χ0n) is 8.81. The number of nitrogens with zero attached hydrogens (tertiary/aromatic N) is 4. The van der Waals surface area contributed by atoms with Gasteiger partial charge in [-0.05, 0) is 13.8 Å². The van der Waals surface area contributed by atoms with Gasteiger partial charge in [0.25, 0.3) is 5.96 Å². The van der Waals surface area contributed by atoms with Gasteiger partial charge in [0.1, 0.15) is 10.9 Å².